The zero-order valence-corrected chi connectivity index (χ0v) is 9.14. The first kappa shape index (κ1) is 10.2. The first-order valence-corrected chi connectivity index (χ1v) is 5.15. The maximum absolute atomic E-state index is 11.0. The van der Waals surface area contributed by atoms with Gasteiger partial charge in [-0.1, -0.05) is 17.7 Å². The Hall–Kier alpha value is -1.33. The van der Waals surface area contributed by atoms with Crippen molar-refractivity contribution in [3.05, 3.63) is 34.3 Å². The molecule has 0 saturated heterocycles. The zero-order valence-electron chi connectivity index (χ0n) is 8.38. The second-order valence-electron chi connectivity index (χ2n) is 4.05. The molecular weight excluding hydrogens is 210 g/mol. The van der Waals surface area contributed by atoms with E-state index in [1.165, 1.54) is 0 Å². The van der Waals surface area contributed by atoms with E-state index in [1.54, 1.807) is 6.07 Å². The van der Waals surface area contributed by atoms with E-state index in [4.69, 9.17) is 16.9 Å². The molecule has 0 aromatic heterocycles. The second kappa shape index (κ2) is 3.36. The molecule has 0 atom stereocenters. The number of halogens is 1. The number of carbonyl (C=O) groups is 1. The number of rotatable bonds is 1. The molecule has 0 heterocycles. The third kappa shape index (κ3) is 1.53. The lowest BCUT2D eigenvalue weighted by molar-refractivity contribution is -0.126. The Kier molecular flexibility index (Phi) is 2.28. The van der Waals surface area contributed by atoms with Crippen molar-refractivity contribution in [3.63, 3.8) is 0 Å². The lowest BCUT2D eigenvalue weighted by Gasteiger charge is -2.35. The van der Waals surface area contributed by atoms with Gasteiger partial charge in [0.15, 0.2) is 0 Å². The highest BCUT2D eigenvalue weighted by molar-refractivity contribution is 6.30. The van der Waals surface area contributed by atoms with Crippen LogP contribution >= 0.6 is 11.6 Å². The summed E-state index contributed by atoms with van der Waals surface area (Å²) in [5.41, 5.74) is 1.33. The number of carbonyl (C=O) groups excluding carboxylic acids is 1. The van der Waals surface area contributed by atoms with Crippen LogP contribution in [0, 0.1) is 18.3 Å². The van der Waals surface area contributed by atoms with Gasteiger partial charge in [0.25, 0.3) is 0 Å². The normalized spacial score (nSPS) is 18.1. The summed E-state index contributed by atoms with van der Waals surface area (Å²) in [6, 6.07) is 7.71. The molecule has 0 N–H and O–H groups in total. The van der Waals surface area contributed by atoms with Crippen molar-refractivity contribution in [1.29, 1.82) is 5.26 Å². The quantitative estimate of drug-likeness (QED) is 0.729. The molecule has 1 fully saturated rings. The number of hydrogen-bond donors (Lipinski definition) is 0. The van der Waals surface area contributed by atoms with Crippen LogP contribution in [0.3, 0.4) is 0 Å². The molecule has 0 radical (unpaired) electrons. The van der Waals surface area contributed by atoms with E-state index in [1.807, 2.05) is 19.1 Å². The van der Waals surface area contributed by atoms with Crippen LogP contribution in [0.25, 0.3) is 0 Å². The Morgan fingerprint density at radius 1 is 1.47 bits per heavy atom. The molecule has 1 aliphatic rings. The van der Waals surface area contributed by atoms with Crippen LogP contribution in [0.5, 0.6) is 0 Å². The van der Waals surface area contributed by atoms with Gasteiger partial charge in [-0.3, -0.25) is 4.79 Å². The molecule has 0 bridgehead atoms. The van der Waals surface area contributed by atoms with E-state index in [0.29, 0.717) is 17.9 Å². The summed E-state index contributed by atoms with van der Waals surface area (Å²) in [5, 5.41) is 9.83. The summed E-state index contributed by atoms with van der Waals surface area (Å²) in [6.45, 7) is 1.92. The molecule has 0 amide bonds. The summed E-state index contributed by atoms with van der Waals surface area (Å²) in [6.07, 6.45) is 0.679. The Morgan fingerprint density at radius 2 is 2.13 bits per heavy atom. The predicted octanol–water partition coefficient (Wildman–Crippen LogP) is 2.77. The topological polar surface area (TPSA) is 40.9 Å². The molecule has 76 valence electrons. The molecule has 15 heavy (non-hydrogen) atoms. The number of Topliss-reactive ketones (excluding diaryl/α,β-unsaturated/α-hetero) is 1. The fraction of sp³-hybridized carbons (Fsp3) is 0.333. The van der Waals surface area contributed by atoms with Gasteiger partial charge in [-0.25, -0.2) is 0 Å². The van der Waals surface area contributed by atoms with Crippen LogP contribution in [0.4, 0.5) is 0 Å². The minimum Gasteiger partial charge on any atom is -0.300 e. The summed E-state index contributed by atoms with van der Waals surface area (Å²) in [5.74, 6) is 0.158. The fourth-order valence-corrected chi connectivity index (χ4v) is 2.34. The van der Waals surface area contributed by atoms with Gasteiger partial charge < -0.3 is 0 Å². The lowest BCUT2D eigenvalue weighted by Crippen LogP contribution is -2.40. The van der Waals surface area contributed by atoms with Crippen LogP contribution in [0.2, 0.25) is 5.02 Å². The van der Waals surface area contributed by atoms with Crippen LogP contribution in [0.15, 0.2) is 18.2 Å². The van der Waals surface area contributed by atoms with E-state index in [-0.39, 0.29) is 5.78 Å². The Morgan fingerprint density at radius 3 is 2.60 bits per heavy atom. The van der Waals surface area contributed by atoms with Crippen molar-refractivity contribution in [2.24, 2.45) is 0 Å². The number of benzene rings is 1. The smallest absolute Gasteiger partial charge is 0.136 e. The number of nitriles is 1. The second-order valence-corrected chi connectivity index (χ2v) is 4.48. The minimum absolute atomic E-state index is 0.158. The highest BCUT2D eigenvalue weighted by atomic mass is 35.5. The van der Waals surface area contributed by atoms with Crippen LogP contribution in [-0.4, -0.2) is 5.78 Å². The van der Waals surface area contributed by atoms with Crippen LogP contribution < -0.4 is 0 Å². The molecule has 0 unspecified atom stereocenters. The number of hydrogen-bond acceptors (Lipinski definition) is 2. The van der Waals surface area contributed by atoms with Gasteiger partial charge >= 0.3 is 0 Å². The molecule has 1 saturated carbocycles. The summed E-state index contributed by atoms with van der Waals surface area (Å²) in [4.78, 5) is 11.0. The molecular formula is C12H10ClNO. The van der Waals surface area contributed by atoms with Crippen molar-refractivity contribution >= 4 is 17.4 Å². The Balaban J connectivity index is 2.46. The highest BCUT2D eigenvalue weighted by Crippen LogP contribution is 2.42. The first-order valence-electron chi connectivity index (χ1n) is 4.77. The number of aryl methyl sites for hydroxylation is 1. The molecule has 2 nitrogen and oxygen atoms in total. The average Bonchev–Trinajstić information content (AvgIpc) is 2.13. The van der Waals surface area contributed by atoms with Crippen molar-refractivity contribution in [3.8, 4) is 6.07 Å². The molecule has 3 heteroatoms. The molecule has 1 aromatic carbocycles. The monoisotopic (exact) mass is 219 g/mol. The molecule has 0 aliphatic heterocycles. The number of nitrogens with zero attached hydrogens (tertiary/aromatic N) is 1. The van der Waals surface area contributed by atoms with E-state index in [0.717, 1.165) is 11.1 Å². The summed E-state index contributed by atoms with van der Waals surface area (Å²) < 4.78 is 0. The van der Waals surface area contributed by atoms with Gasteiger partial charge in [0, 0.05) is 17.9 Å². The third-order valence-electron chi connectivity index (χ3n) is 2.92. The molecule has 2 rings (SSSR count). The van der Waals surface area contributed by atoms with Crippen LogP contribution in [0.1, 0.15) is 24.0 Å². The van der Waals surface area contributed by atoms with Gasteiger partial charge in [-0.05, 0) is 30.2 Å². The lowest BCUT2D eigenvalue weighted by atomic mass is 9.64. The first-order chi connectivity index (χ1) is 7.07. The van der Waals surface area contributed by atoms with E-state index in [2.05, 4.69) is 6.07 Å². The van der Waals surface area contributed by atoms with Gasteiger partial charge in [0.2, 0.25) is 0 Å². The third-order valence-corrected chi connectivity index (χ3v) is 3.15. The molecule has 1 aromatic rings. The average molecular weight is 220 g/mol. The van der Waals surface area contributed by atoms with E-state index < -0.39 is 5.41 Å². The molecule has 1 aliphatic carbocycles. The predicted molar refractivity (Wildman–Crippen MR) is 57.7 cm³/mol. The zero-order chi connectivity index (χ0) is 11.1. The molecule has 0 spiro atoms. The van der Waals surface area contributed by atoms with Gasteiger partial charge in [-0.2, -0.15) is 5.26 Å². The minimum atomic E-state index is -0.592. The van der Waals surface area contributed by atoms with E-state index >= 15 is 0 Å². The Bertz CT molecular complexity index is 465. The number of ketones is 1. The van der Waals surface area contributed by atoms with Gasteiger partial charge in [0.05, 0.1) is 11.5 Å². The van der Waals surface area contributed by atoms with Crippen molar-refractivity contribution in [2.75, 3.05) is 0 Å². The SMILES string of the molecule is Cc1cc(Cl)ccc1C1(C#N)CC(=O)C1. The summed E-state index contributed by atoms with van der Waals surface area (Å²) >= 11 is 5.85. The van der Waals surface area contributed by atoms with Crippen molar-refractivity contribution in [1.82, 2.24) is 0 Å². The summed E-state index contributed by atoms with van der Waals surface area (Å²) in [7, 11) is 0. The highest BCUT2D eigenvalue weighted by Gasteiger charge is 2.46. The fourth-order valence-electron chi connectivity index (χ4n) is 2.12. The maximum Gasteiger partial charge on any atom is 0.136 e. The van der Waals surface area contributed by atoms with Gasteiger partial charge in [0.1, 0.15) is 5.78 Å². The largest absolute Gasteiger partial charge is 0.300 e. The maximum atomic E-state index is 11.0. The van der Waals surface area contributed by atoms with Crippen molar-refractivity contribution < 1.29 is 4.79 Å². The van der Waals surface area contributed by atoms with Crippen molar-refractivity contribution in [2.45, 2.75) is 25.2 Å². The van der Waals surface area contributed by atoms with Crippen LogP contribution in [-0.2, 0) is 10.2 Å². The van der Waals surface area contributed by atoms with Gasteiger partial charge in [-0.15, -0.1) is 0 Å². The standard InChI is InChI=1S/C12H10ClNO/c1-8-4-9(13)2-3-11(8)12(7-14)5-10(15)6-12/h2-4H,5-6H2,1H3. The Labute approximate surface area is 93.5 Å². The van der Waals surface area contributed by atoms with E-state index in [9.17, 15) is 4.79 Å².